The Balaban J connectivity index is 1.75. The van der Waals surface area contributed by atoms with Gasteiger partial charge in [-0.1, -0.05) is 17.4 Å². The number of carbonyl (C=O) groups excluding carboxylic acids is 1. The molecule has 0 fully saturated rings. The topological polar surface area (TPSA) is 72.2 Å². The third-order valence-corrected chi connectivity index (χ3v) is 5.59. The number of fused-ring (bicyclic) bond motifs is 2. The van der Waals surface area contributed by atoms with Crippen molar-refractivity contribution in [1.82, 2.24) is 19.6 Å². The second kappa shape index (κ2) is 6.52. The van der Waals surface area contributed by atoms with E-state index in [1.54, 1.807) is 0 Å². The number of aryl methyl sites for hydroxylation is 2. The first-order chi connectivity index (χ1) is 13.1. The molecule has 6 nitrogen and oxygen atoms in total. The molecule has 0 spiro atoms. The minimum Gasteiger partial charge on any atom is -0.296 e. The average molecular weight is 470 g/mol. The number of aromatic nitrogens is 4. The van der Waals surface area contributed by atoms with Crippen LogP contribution < -0.4 is 5.32 Å². The first-order valence-corrected chi connectivity index (χ1v) is 9.56. The number of amides is 1. The van der Waals surface area contributed by atoms with Gasteiger partial charge in [0.2, 0.25) is 0 Å². The number of anilines is 1. The summed E-state index contributed by atoms with van der Waals surface area (Å²) in [6.45, 7) is 3.38. The summed E-state index contributed by atoms with van der Waals surface area (Å²) < 4.78 is 41.6. The molecule has 0 aliphatic rings. The fraction of sp³-hybridized carbons (Fsp3) is 0.176. The first-order valence-electron chi connectivity index (χ1n) is 7.95. The number of hydrogen-bond acceptors (Lipinski definition) is 5. The molecular formula is C17H11BrF3N5OS. The van der Waals surface area contributed by atoms with Gasteiger partial charge in [-0.3, -0.25) is 10.1 Å². The first kappa shape index (κ1) is 18.8. The Bertz CT molecular complexity index is 1250. The van der Waals surface area contributed by atoms with Crippen LogP contribution in [-0.2, 0) is 6.18 Å². The summed E-state index contributed by atoms with van der Waals surface area (Å²) in [6, 6.07) is 6.55. The molecule has 4 aromatic rings. The van der Waals surface area contributed by atoms with Crippen LogP contribution in [-0.4, -0.2) is 25.5 Å². The fourth-order valence-electron chi connectivity index (χ4n) is 2.70. The summed E-state index contributed by atoms with van der Waals surface area (Å²) in [4.78, 5) is 21.0. The zero-order valence-corrected chi connectivity index (χ0v) is 16.8. The molecule has 0 aliphatic heterocycles. The molecule has 1 aromatic carbocycles. The van der Waals surface area contributed by atoms with E-state index in [-0.39, 0.29) is 21.5 Å². The normalized spacial score (nSPS) is 12.1. The summed E-state index contributed by atoms with van der Waals surface area (Å²) in [5, 5.41) is 6.76. The molecule has 4 rings (SSSR count). The second-order valence-corrected chi connectivity index (χ2v) is 7.95. The van der Waals surface area contributed by atoms with Crippen molar-refractivity contribution in [3.05, 3.63) is 51.4 Å². The zero-order valence-electron chi connectivity index (χ0n) is 14.4. The Labute approximate surface area is 168 Å². The standard InChI is InChI=1S/C17H11BrF3N5OS/c1-7-3-4-9-10(5-7)28-16(23-9)24-15(27)13-12(18)14-22-8(2)6-11(17(19,20)21)26(14)25-13/h3-6H,1-2H3,(H,23,24,27). The predicted molar refractivity (Wildman–Crippen MR) is 103 cm³/mol. The van der Waals surface area contributed by atoms with Crippen molar-refractivity contribution >= 4 is 54.2 Å². The smallest absolute Gasteiger partial charge is 0.296 e. The van der Waals surface area contributed by atoms with Gasteiger partial charge >= 0.3 is 6.18 Å². The van der Waals surface area contributed by atoms with Gasteiger partial charge in [-0.15, -0.1) is 0 Å². The summed E-state index contributed by atoms with van der Waals surface area (Å²) >= 11 is 4.42. The van der Waals surface area contributed by atoms with E-state index in [0.717, 1.165) is 21.8 Å². The van der Waals surface area contributed by atoms with Gasteiger partial charge in [-0.05, 0) is 53.5 Å². The van der Waals surface area contributed by atoms with E-state index < -0.39 is 17.8 Å². The molecule has 0 unspecified atom stereocenters. The maximum atomic E-state index is 13.3. The van der Waals surface area contributed by atoms with Crippen LogP contribution in [0, 0.1) is 13.8 Å². The molecule has 1 amide bonds. The van der Waals surface area contributed by atoms with Crippen LogP contribution in [0.25, 0.3) is 15.9 Å². The lowest BCUT2D eigenvalue weighted by Crippen LogP contribution is -2.15. The molecule has 0 saturated carbocycles. The van der Waals surface area contributed by atoms with Gasteiger partial charge in [-0.2, -0.15) is 18.3 Å². The van der Waals surface area contributed by atoms with Crippen molar-refractivity contribution in [2.75, 3.05) is 5.32 Å². The minimum atomic E-state index is -4.64. The minimum absolute atomic E-state index is 0.0798. The van der Waals surface area contributed by atoms with Crippen LogP contribution >= 0.6 is 27.3 Å². The van der Waals surface area contributed by atoms with Gasteiger partial charge < -0.3 is 0 Å². The van der Waals surface area contributed by atoms with E-state index in [1.165, 1.54) is 18.3 Å². The largest absolute Gasteiger partial charge is 0.433 e. The molecule has 28 heavy (non-hydrogen) atoms. The Morgan fingerprint density at radius 3 is 2.68 bits per heavy atom. The number of alkyl halides is 3. The van der Waals surface area contributed by atoms with Crippen molar-refractivity contribution in [3.8, 4) is 0 Å². The van der Waals surface area contributed by atoms with E-state index in [1.807, 2.05) is 25.1 Å². The van der Waals surface area contributed by atoms with Crippen LogP contribution in [0.2, 0.25) is 0 Å². The average Bonchev–Trinajstić information content (AvgIpc) is 3.14. The number of carbonyl (C=O) groups is 1. The third kappa shape index (κ3) is 3.24. The number of benzene rings is 1. The van der Waals surface area contributed by atoms with Crippen LogP contribution in [0.4, 0.5) is 18.3 Å². The summed E-state index contributed by atoms with van der Waals surface area (Å²) in [5.74, 6) is -0.682. The monoisotopic (exact) mass is 469 g/mol. The molecule has 0 radical (unpaired) electrons. The number of hydrogen-bond donors (Lipinski definition) is 1. The highest BCUT2D eigenvalue weighted by Gasteiger charge is 2.36. The van der Waals surface area contributed by atoms with Gasteiger partial charge in [-0.25, -0.2) is 14.5 Å². The van der Waals surface area contributed by atoms with Crippen LogP contribution in [0.1, 0.15) is 27.4 Å². The lowest BCUT2D eigenvalue weighted by Gasteiger charge is -2.09. The Morgan fingerprint density at radius 2 is 1.96 bits per heavy atom. The Kier molecular flexibility index (Phi) is 4.38. The predicted octanol–water partition coefficient (Wildman–Crippen LogP) is 4.99. The van der Waals surface area contributed by atoms with Gasteiger partial charge in [0.05, 0.1) is 14.7 Å². The van der Waals surface area contributed by atoms with Crippen molar-refractivity contribution in [1.29, 1.82) is 0 Å². The molecule has 11 heteroatoms. The number of thiazole rings is 1. The van der Waals surface area contributed by atoms with Gasteiger partial charge in [0.25, 0.3) is 5.91 Å². The van der Waals surface area contributed by atoms with Crippen molar-refractivity contribution in [2.24, 2.45) is 0 Å². The third-order valence-electron chi connectivity index (χ3n) is 3.93. The zero-order chi connectivity index (χ0) is 20.2. The molecule has 0 aliphatic carbocycles. The molecule has 0 bridgehead atoms. The summed E-state index contributed by atoms with van der Waals surface area (Å²) in [6.07, 6.45) is -4.64. The van der Waals surface area contributed by atoms with E-state index in [9.17, 15) is 18.0 Å². The Morgan fingerprint density at radius 1 is 1.21 bits per heavy atom. The van der Waals surface area contributed by atoms with Crippen molar-refractivity contribution in [2.45, 2.75) is 20.0 Å². The van der Waals surface area contributed by atoms with Crippen molar-refractivity contribution in [3.63, 3.8) is 0 Å². The summed E-state index contributed by atoms with van der Waals surface area (Å²) in [7, 11) is 0. The quantitative estimate of drug-likeness (QED) is 0.448. The van der Waals surface area contributed by atoms with Gasteiger partial charge in [0.1, 0.15) is 5.69 Å². The van der Waals surface area contributed by atoms with Gasteiger partial charge in [0, 0.05) is 5.69 Å². The maximum Gasteiger partial charge on any atom is 0.433 e. The van der Waals surface area contributed by atoms with Crippen LogP contribution in [0.5, 0.6) is 0 Å². The van der Waals surface area contributed by atoms with Crippen LogP contribution in [0.3, 0.4) is 0 Å². The second-order valence-electron chi connectivity index (χ2n) is 6.12. The van der Waals surface area contributed by atoms with E-state index in [2.05, 4.69) is 36.3 Å². The highest BCUT2D eigenvalue weighted by molar-refractivity contribution is 9.10. The number of rotatable bonds is 2. The fourth-order valence-corrected chi connectivity index (χ4v) is 4.18. The lowest BCUT2D eigenvalue weighted by atomic mass is 10.2. The van der Waals surface area contributed by atoms with E-state index in [4.69, 9.17) is 0 Å². The van der Waals surface area contributed by atoms with Gasteiger partial charge in [0.15, 0.2) is 16.5 Å². The molecular weight excluding hydrogens is 459 g/mol. The highest BCUT2D eigenvalue weighted by Crippen LogP contribution is 2.33. The van der Waals surface area contributed by atoms with E-state index in [0.29, 0.717) is 9.65 Å². The molecule has 0 saturated heterocycles. The highest BCUT2D eigenvalue weighted by atomic mass is 79.9. The maximum absolute atomic E-state index is 13.3. The summed E-state index contributed by atoms with van der Waals surface area (Å²) in [5.41, 5.74) is 0.630. The number of nitrogens with zero attached hydrogens (tertiary/aromatic N) is 4. The lowest BCUT2D eigenvalue weighted by molar-refractivity contribution is -0.142. The van der Waals surface area contributed by atoms with Crippen LogP contribution in [0.15, 0.2) is 28.7 Å². The molecule has 144 valence electrons. The Hall–Kier alpha value is -2.53. The van der Waals surface area contributed by atoms with E-state index >= 15 is 0 Å². The molecule has 3 aromatic heterocycles. The van der Waals surface area contributed by atoms with Crippen molar-refractivity contribution < 1.29 is 18.0 Å². The molecule has 3 heterocycles. The molecule has 0 atom stereocenters. The SMILES string of the molecule is Cc1ccc2nc(NC(=O)c3nn4c(C(F)(F)F)cc(C)nc4c3Br)sc2c1. The number of nitrogens with one attached hydrogen (secondary N) is 1. The number of halogens is 4. The molecule has 1 N–H and O–H groups in total.